The molecule has 0 spiro atoms. The van der Waals surface area contributed by atoms with Crippen LogP contribution in [-0.2, 0) is 23.7 Å². The predicted molar refractivity (Wildman–Crippen MR) is 237 cm³/mol. The number of esters is 1. The van der Waals surface area contributed by atoms with Gasteiger partial charge in [-0.3, -0.25) is 4.79 Å². The van der Waals surface area contributed by atoms with Crippen LogP contribution in [-0.4, -0.2) is 89.6 Å². The molecule has 9 heteroatoms. The van der Waals surface area contributed by atoms with Crippen molar-refractivity contribution in [1.29, 1.82) is 0 Å². The van der Waals surface area contributed by atoms with E-state index < -0.39 is 49.4 Å². The molecule has 58 heavy (non-hydrogen) atoms. The Morgan fingerprint density at radius 1 is 0.534 bits per heavy atom. The minimum absolute atomic E-state index is 0.0494. The number of hydrogen-bond donors (Lipinski definition) is 4. The predicted octanol–water partition coefficient (Wildman–Crippen LogP) is 9.35. The highest BCUT2D eigenvalue weighted by Crippen LogP contribution is 2.22. The third kappa shape index (κ3) is 29.5. The molecule has 1 aliphatic heterocycles. The molecule has 1 heterocycles. The van der Waals surface area contributed by atoms with Gasteiger partial charge in [-0.05, 0) is 83.5 Å². The second-order valence-electron chi connectivity index (χ2n) is 13.7. The zero-order valence-corrected chi connectivity index (χ0v) is 35.2. The molecule has 0 aromatic rings. The van der Waals surface area contributed by atoms with Gasteiger partial charge in [-0.1, -0.05) is 148 Å². The molecule has 1 fully saturated rings. The molecule has 0 aromatic carbocycles. The lowest BCUT2D eigenvalue weighted by atomic mass is 9.99. The van der Waals surface area contributed by atoms with Gasteiger partial charge in [0.25, 0.3) is 0 Å². The molecule has 6 atom stereocenters. The van der Waals surface area contributed by atoms with Crippen LogP contribution in [0.25, 0.3) is 0 Å². The maximum atomic E-state index is 12.7. The normalized spacial score (nSPS) is 21.7. The Labute approximate surface area is 349 Å². The fraction of sp³-hybridized carbons (Fsp3) is 0.531. The largest absolute Gasteiger partial charge is 0.457 e. The van der Waals surface area contributed by atoms with Crippen LogP contribution in [0.2, 0.25) is 0 Å². The van der Waals surface area contributed by atoms with Crippen molar-refractivity contribution in [2.24, 2.45) is 0 Å². The first-order chi connectivity index (χ1) is 28.4. The highest BCUT2D eigenvalue weighted by molar-refractivity contribution is 5.69. The van der Waals surface area contributed by atoms with Crippen LogP contribution in [0, 0.1) is 0 Å². The summed E-state index contributed by atoms with van der Waals surface area (Å²) in [6.07, 6.45) is 50.8. The lowest BCUT2D eigenvalue weighted by Gasteiger charge is -2.39. The van der Waals surface area contributed by atoms with E-state index in [1.165, 1.54) is 0 Å². The number of carbonyl (C=O) groups excluding carboxylic acids is 1. The number of aliphatic hydroxyl groups excluding tert-OH is 4. The van der Waals surface area contributed by atoms with Gasteiger partial charge in [0.15, 0.2) is 6.29 Å². The second-order valence-corrected chi connectivity index (χ2v) is 13.7. The van der Waals surface area contributed by atoms with Gasteiger partial charge in [-0.25, -0.2) is 0 Å². The van der Waals surface area contributed by atoms with Crippen LogP contribution >= 0.6 is 0 Å². The molecule has 1 rings (SSSR count). The molecule has 0 aliphatic carbocycles. The second kappa shape index (κ2) is 38.8. The standard InChI is InChI=1S/C49H74O9/c1-3-5-7-9-11-13-15-17-19-21-22-23-24-26-28-30-32-34-36-38-45(51)57-43(42-56-49-48(54)47(53)46(52)44(40-50)58-49)41-55-39-37-35-33-31-29-27-25-20-18-16-14-12-10-8-6-4-2/h5-8,11-14,17-20,22-23,26-29,32-35,43-44,46-50,52-54H,3-4,9-10,15-16,21,24-25,30-31,36-42H2,1-2H3/b7-5-,8-6-,13-11-,14-12-,19-17-,20-18-,23-22-,28-26-,29-27-,34-32-,35-33-. The summed E-state index contributed by atoms with van der Waals surface area (Å²) in [6.45, 7) is 3.97. The van der Waals surface area contributed by atoms with Crippen LogP contribution in [0.4, 0.5) is 0 Å². The van der Waals surface area contributed by atoms with Crippen molar-refractivity contribution in [2.45, 2.75) is 141 Å². The molecule has 1 saturated heterocycles. The Hall–Kier alpha value is -3.67. The minimum atomic E-state index is -1.57. The molecule has 0 bridgehead atoms. The summed E-state index contributed by atoms with van der Waals surface area (Å²) >= 11 is 0. The van der Waals surface area contributed by atoms with Gasteiger partial charge < -0.3 is 39.4 Å². The van der Waals surface area contributed by atoms with Crippen LogP contribution in [0.3, 0.4) is 0 Å². The zero-order chi connectivity index (χ0) is 42.2. The van der Waals surface area contributed by atoms with E-state index >= 15 is 0 Å². The number of hydrogen-bond acceptors (Lipinski definition) is 9. The Kier molecular flexibility index (Phi) is 35.0. The van der Waals surface area contributed by atoms with E-state index in [0.29, 0.717) is 19.4 Å². The topological polar surface area (TPSA) is 135 Å². The van der Waals surface area contributed by atoms with E-state index in [0.717, 1.165) is 70.6 Å². The van der Waals surface area contributed by atoms with E-state index in [2.05, 4.69) is 129 Å². The third-order valence-electron chi connectivity index (χ3n) is 8.59. The van der Waals surface area contributed by atoms with Gasteiger partial charge in [0.2, 0.25) is 0 Å². The summed E-state index contributed by atoms with van der Waals surface area (Å²) in [5, 5.41) is 40.0. The number of allylic oxidation sites excluding steroid dienone is 21. The molecular formula is C49H74O9. The smallest absolute Gasteiger partial charge is 0.306 e. The highest BCUT2D eigenvalue weighted by Gasteiger charge is 2.44. The number of aliphatic hydroxyl groups is 4. The molecule has 0 saturated carbocycles. The molecule has 1 aliphatic rings. The average molecular weight is 807 g/mol. The van der Waals surface area contributed by atoms with Crippen LogP contribution in [0.1, 0.15) is 104 Å². The Bertz CT molecular complexity index is 1330. The van der Waals surface area contributed by atoms with Crippen LogP contribution < -0.4 is 0 Å². The Morgan fingerprint density at radius 2 is 0.931 bits per heavy atom. The van der Waals surface area contributed by atoms with E-state index in [1.807, 2.05) is 18.2 Å². The van der Waals surface area contributed by atoms with Crippen molar-refractivity contribution in [3.63, 3.8) is 0 Å². The summed E-state index contributed by atoms with van der Waals surface area (Å²) in [4.78, 5) is 12.7. The highest BCUT2D eigenvalue weighted by atomic mass is 16.7. The van der Waals surface area contributed by atoms with Gasteiger partial charge >= 0.3 is 5.97 Å². The minimum Gasteiger partial charge on any atom is -0.457 e. The van der Waals surface area contributed by atoms with E-state index in [9.17, 15) is 25.2 Å². The molecule has 0 aromatic heterocycles. The van der Waals surface area contributed by atoms with Gasteiger partial charge in [0.05, 0.1) is 26.4 Å². The molecule has 0 radical (unpaired) electrons. The molecular weight excluding hydrogens is 733 g/mol. The number of ether oxygens (including phenoxy) is 4. The van der Waals surface area contributed by atoms with Crippen molar-refractivity contribution in [1.82, 2.24) is 0 Å². The van der Waals surface area contributed by atoms with Gasteiger partial charge in [-0.15, -0.1) is 0 Å². The summed E-state index contributed by atoms with van der Waals surface area (Å²) in [7, 11) is 0. The number of rotatable bonds is 33. The van der Waals surface area contributed by atoms with E-state index in [4.69, 9.17) is 18.9 Å². The lowest BCUT2D eigenvalue weighted by Crippen LogP contribution is -2.59. The maximum Gasteiger partial charge on any atom is 0.306 e. The van der Waals surface area contributed by atoms with Gasteiger partial charge in [-0.2, -0.15) is 0 Å². The molecule has 9 nitrogen and oxygen atoms in total. The Morgan fingerprint density at radius 3 is 1.34 bits per heavy atom. The quantitative estimate of drug-likeness (QED) is 0.0291. The maximum absolute atomic E-state index is 12.7. The summed E-state index contributed by atoms with van der Waals surface area (Å²) < 4.78 is 22.6. The van der Waals surface area contributed by atoms with Gasteiger partial charge in [0, 0.05) is 6.42 Å². The molecule has 0 amide bonds. The molecule has 4 N–H and O–H groups in total. The fourth-order valence-corrected chi connectivity index (χ4v) is 5.34. The van der Waals surface area contributed by atoms with Crippen molar-refractivity contribution in [2.75, 3.05) is 26.4 Å². The summed E-state index contributed by atoms with van der Waals surface area (Å²) in [5.74, 6) is -0.427. The fourth-order valence-electron chi connectivity index (χ4n) is 5.34. The SMILES string of the molecule is CC/C=C\C/C=C\C/C=C\C/C=C\C/C=C\C/C=C\CCC(=O)OC(COCC/C=C\C/C=C\C/C=C\C/C=C\C/C=C\CC)COC1OC(CO)C(O)C(O)C1O. The van der Waals surface area contributed by atoms with Crippen molar-refractivity contribution < 1.29 is 44.2 Å². The Balaban J connectivity index is 2.43. The van der Waals surface area contributed by atoms with Crippen LogP contribution in [0.5, 0.6) is 0 Å². The lowest BCUT2D eigenvalue weighted by molar-refractivity contribution is -0.305. The summed E-state index contributed by atoms with van der Waals surface area (Å²) in [6, 6.07) is 0. The van der Waals surface area contributed by atoms with Crippen LogP contribution in [0.15, 0.2) is 134 Å². The first-order valence-electron chi connectivity index (χ1n) is 21.3. The first kappa shape index (κ1) is 52.3. The van der Waals surface area contributed by atoms with Crippen molar-refractivity contribution >= 4 is 5.97 Å². The average Bonchev–Trinajstić information content (AvgIpc) is 3.22. The number of carbonyl (C=O) groups is 1. The molecule has 324 valence electrons. The first-order valence-corrected chi connectivity index (χ1v) is 21.3. The van der Waals surface area contributed by atoms with Gasteiger partial charge in [0.1, 0.15) is 30.5 Å². The van der Waals surface area contributed by atoms with Crippen molar-refractivity contribution in [3.8, 4) is 0 Å². The third-order valence-corrected chi connectivity index (χ3v) is 8.59. The molecule has 6 unspecified atom stereocenters. The monoisotopic (exact) mass is 807 g/mol. The van der Waals surface area contributed by atoms with Crippen molar-refractivity contribution in [3.05, 3.63) is 134 Å². The van der Waals surface area contributed by atoms with E-state index in [-0.39, 0.29) is 19.6 Å². The zero-order valence-electron chi connectivity index (χ0n) is 35.2. The summed E-state index contributed by atoms with van der Waals surface area (Å²) in [5.41, 5.74) is 0. The van der Waals surface area contributed by atoms with E-state index in [1.54, 1.807) is 0 Å².